The van der Waals surface area contributed by atoms with E-state index in [0.717, 1.165) is 11.3 Å². The van der Waals surface area contributed by atoms with Crippen molar-refractivity contribution in [1.29, 1.82) is 0 Å². The number of amides is 1. The van der Waals surface area contributed by atoms with Crippen molar-refractivity contribution in [1.82, 2.24) is 15.1 Å². The minimum atomic E-state index is -0.538. The van der Waals surface area contributed by atoms with Gasteiger partial charge in [0.25, 0.3) is 0 Å². The molecule has 3 rings (SSSR count). The molecule has 1 aliphatic heterocycles. The third kappa shape index (κ3) is 3.90. The molecule has 1 aliphatic rings. The highest BCUT2D eigenvalue weighted by atomic mass is 16.5. The summed E-state index contributed by atoms with van der Waals surface area (Å²) in [6, 6.07) is 10.9. The van der Waals surface area contributed by atoms with Crippen LogP contribution in [0.3, 0.4) is 0 Å². The van der Waals surface area contributed by atoms with Gasteiger partial charge in [0, 0.05) is 19.6 Å². The van der Waals surface area contributed by atoms with Gasteiger partial charge in [0.05, 0.1) is 20.8 Å². The normalized spacial score (nSPS) is 14.3. The number of rotatable bonds is 5. The minimum absolute atomic E-state index is 0.0194. The van der Waals surface area contributed by atoms with Crippen molar-refractivity contribution < 1.29 is 19.1 Å². The van der Waals surface area contributed by atoms with Gasteiger partial charge in [-0.1, -0.05) is 12.1 Å². The predicted octanol–water partition coefficient (Wildman–Crippen LogP) is 1.12. The van der Waals surface area contributed by atoms with Crippen molar-refractivity contribution in [3.05, 3.63) is 47.7 Å². The zero-order valence-electron chi connectivity index (χ0n) is 14.7. The molecule has 0 N–H and O–H groups in total. The van der Waals surface area contributed by atoms with E-state index in [4.69, 9.17) is 4.74 Å². The van der Waals surface area contributed by atoms with Crippen LogP contribution < -0.4 is 9.64 Å². The van der Waals surface area contributed by atoms with Gasteiger partial charge < -0.3 is 19.3 Å². The van der Waals surface area contributed by atoms with Crippen molar-refractivity contribution in [2.45, 2.75) is 6.54 Å². The smallest absolute Gasteiger partial charge is 0.358 e. The average Bonchev–Trinajstić information content (AvgIpc) is 2.69. The molecule has 8 heteroatoms. The summed E-state index contributed by atoms with van der Waals surface area (Å²) in [5.41, 5.74) is 1.19. The first-order chi connectivity index (χ1) is 12.6. The van der Waals surface area contributed by atoms with Crippen molar-refractivity contribution in [2.75, 3.05) is 38.8 Å². The van der Waals surface area contributed by atoms with Gasteiger partial charge in [0.1, 0.15) is 5.75 Å². The molecular weight excluding hydrogens is 336 g/mol. The Morgan fingerprint density at radius 1 is 1.08 bits per heavy atom. The first-order valence-electron chi connectivity index (χ1n) is 8.18. The van der Waals surface area contributed by atoms with Gasteiger partial charge in [0.15, 0.2) is 11.5 Å². The first kappa shape index (κ1) is 17.7. The van der Waals surface area contributed by atoms with Crippen LogP contribution in [0.4, 0.5) is 5.82 Å². The molecule has 2 heterocycles. The number of carbonyl (C=O) groups excluding carboxylic acids is 2. The molecule has 0 radical (unpaired) electrons. The molecule has 8 nitrogen and oxygen atoms in total. The van der Waals surface area contributed by atoms with Gasteiger partial charge in [-0.2, -0.15) is 0 Å². The van der Waals surface area contributed by atoms with Crippen molar-refractivity contribution in [2.24, 2.45) is 0 Å². The molecular formula is C18H20N4O4. The van der Waals surface area contributed by atoms with E-state index in [1.807, 2.05) is 34.1 Å². The van der Waals surface area contributed by atoms with E-state index < -0.39 is 5.97 Å². The fourth-order valence-electron chi connectivity index (χ4n) is 2.73. The molecule has 0 bridgehead atoms. The summed E-state index contributed by atoms with van der Waals surface area (Å²) in [4.78, 5) is 27.5. The van der Waals surface area contributed by atoms with Crippen LogP contribution in [0.1, 0.15) is 16.1 Å². The Bertz CT molecular complexity index is 777. The standard InChI is InChI=1S/C18H20N4O4/c1-25-14-5-3-13(4-6-14)11-22-10-9-21(12-17(22)23)16-8-7-15(19-20-16)18(24)26-2/h3-8H,9-12H2,1-2H3. The topological polar surface area (TPSA) is 84.9 Å². The van der Waals surface area contributed by atoms with E-state index in [-0.39, 0.29) is 18.1 Å². The van der Waals surface area contributed by atoms with Crippen molar-refractivity contribution >= 4 is 17.7 Å². The quantitative estimate of drug-likeness (QED) is 0.742. The van der Waals surface area contributed by atoms with Gasteiger partial charge in [-0.3, -0.25) is 4.79 Å². The van der Waals surface area contributed by atoms with Crippen molar-refractivity contribution in [3.8, 4) is 5.75 Å². The number of ether oxygens (including phenoxy) is 2. The number of esters is 1. The maximum absolute atomic E-state index is 12.5. The zero-order chi connectivity index (χ0) is 18.5. The highest BCUT2D eigenvalue weighted by Gasteiger charge is 2.25. The molecule has 0 atom stereocenters. The van der Waals surface area contributed by atoms with Crippen LogP contribution in [0.25, 0.3) is 0 Å². The Morgan fingerprint density at radius 2 is 1.85 bits per heavy atom. The zero-order valence-corrected chi connectivity index (χ0v) is 14.7. The molecule has 0 spiro atoms. The van der Waals surface area contributed by atoms with Crippen LogP contribution in [0.5, 0.6) is 5.75 Å². The van der Waals surface area contributed by atoms with E-state index in [9.17, 15) is 9.59 Å². The van der Waals surface area contributed by atoms with Crippen LogP contribution in [0.15, 0.2) is 36.4 Å². The summed E-state index contributed by atoms with van der Waals surface area (Å²) in [5.74, 6) is 0.837. The average molecular weight is 356 g/mol. The number of nitrogens with zero attached hydrogens (tertiary/aromatic N) is 4. The van der Waals surface area contributed by atoms with Gasteiger partial charge in [-0.05, 0) is 29.8 Å². The Balaban J connectivity index is 1.60. The highest BCUT2D eigenvalue weighted by molar-refractivity contribution is 5.87. The van der Waals surface area contributed by atoms with Crippen LogP contribution in [-0.4, -0.2) is 60.8 Å². The molecule has 1 amide bonds. The molecule has 0 unspecified atom stereocenters. The molecule has 1 saturated heterocycles. The molecule has 136 valence electrons. The number of piperazine rings is 1. The molecule has 1 fully saturated rings. The molecule has 0 aliphatic carbocycles. The summed E-state index contributed by atoms with van der Waals surface area (Å²) in [6.07, 6.45) is 0. The van der Waals surface area contributed by atoms with E-state index in [1.165, 1.54) is 7.11 Å². The lowest BCUT2D eigenvalue weighted by Gasteiger charge is -2.34. The lowest BCUT2D eigenvalue weighted by molar-refractivity contribution is -0.131. The van der Waals surface area contributed by atoms with E-state index in [2.05, 4.69) is 14.9 Å². The summed E-state index contributed by atoms with van der Waals surface area (Å²) in [5, 5.41) is 7.87. The predicted molar refractivity (Wildman–Crippen MR) is 94.0 cm³/mol. The maximum atomic E-state index is 12.5. The van der Waals surface area contributed by atoms with Crippen LogP contribution in [-0.2, 0) is 16.1 Å². The van der Waals surface area contributed by atoms with Crippen LogP contribution >= 0.6 is 0 Å². The third-order valence-electron chi connectivity index (χ3n) is 4.22. The highest BCUT2D eigenvalue weighted by Crippen LogP contribution is 2.17. The second kappa shape index (κ2) is 7.81. The van der Waals surface area contributed by atoms with E-state index in [1.54, 1.807) is 19.2 Å². The fraction of sp³-hybridized carbons (Fsp3) is 0.333. The Hall–Kier alpha value is -3.16. The number of carbonyl (C=O) groups is 2. The van der Waals surface area contributed by atoms with Crippen molar-refractivity contribution in [3.63, 3.8) is 0 Å². The first-order valence-corrected chi connectivity index (χ1v) is 8.18. The maximum Gasteiger partial charge on any atom is 0.358 e. The molecule has 26 heavy (non-hydrogen) atoms. The number of anilines is 1. The summed E-state index contributed by atoms with van der Waals surface area (Å²) < 4.78 is 9.74. The molecule has 1 aromatic heterocycles. The Labute approximate surface area is 151 Å². The second-order valence-corrected chi connectivity index (χ2v) is 5.85. The van der Waals surface area contributed by atoms with E-state index in [0.29, 0.717) is 25.5 Å². The van der Waals surface area contributed by atoms with E-state index >= 15 is 0 Å². The fourth-order valence-corrected chi connectivity index (χ4v) is 2.73. The van der Waals surface area contributed by atoms with Crippen LogP contribution in [0, 0.1) is 0 Å². The lowest BCUT2D eigenvalue weighted by atomic mass is 10.2. The number of hydrogen-bond donors (Lipinski definition) is 0. The summed E-state index contributed by atoms with van der Waals surface area (Å²) in [6.45, 7) is 2.02. The number of aromatic nitrogens is 2. The van der Waals surface area contributed by atoms with Gasteiger partial charge in [0.2, 0.25) is 5.91 Å². The lowest BCUT2D eigenvalue weighted by Crippen LogP contribution is -2.50. The van der Waals surface area contributed by atoms with Gasteiger partial charge in [-0.15, -0.1) is 10.2 Å². The largest absolute Gasteiger partial charge is 0.497 e. The summed E-state index contributed by atoms with van der Waals surface area (Å²) >= 11 is 0. The number of methoxy groups -OCH3 is 2. The number of benzene rings is 1. The monoisotopic (exact) mass is 356 g/mol. The number of hydrogen-bond acceptors (Lipinski definition) is 7. The Morgan fingerprint density at radius 3 is 2.42 bits per heavy atom. The third-order valence-corrected chi connectivity index (χ3v) is 4.22. The minimum Gasteiger partial charge on any atom is -0.497 e. The summed E-state index contributed by atoms with van der Waals surface area (Å²) in [7, 11) is 2.91. The van der Waals surface area contributed by atoms with Crippen LogP contribution in [0.2, 0.25) is 0 Å². The van der Waals surface area contributed by atoms with Gasteiger partial charge in [-0.25, -0.2) is 4.79 Å². The Kier molecular flexibility index (Phi) is 5.31. The second-order valence-electron chi connectivity index (χ2n) is 5.85. The SMILES string of the molecule is COC(=O)c1ccc(N2CCN(Cc3ccc(OC)cc3)C(=O)C2)nn1. The molecule has 0 saturated carbocycles. The molecule has 2 aromatic rings. The van der Waals surface area contributed by atoms with Gasteiger partial charge >= 0.3 is 5.97 Å². The molecule has 1 aromatic carbocycles.